The minimum absolute atomic E-state index is 0.0113. The fraction of sp³-hybridized carbons (Fsp3) is 0.286. The Hall–Kier alpha value is -2.28. The SMILES string of the molecule is OCc1cnccc1N1CCN(Cc2ccc(-c3ccccc3F)s2)CC1. The highest BCUT2D eigenvalue weighted by molar-refractivity contribution is 7.15. The molecule has 0 amide bonds. The van der Waals surface area contributed by atoms with Gasteiger partial charge in [-0.1, -0.05) is 18.2 Å². The molecule has 1 saturated heterocycles. The smallest absolute Gasteiger partial charge is 0.131 e. The van der Waals surface area contributed by atoms with E-state index in [1.165, 1.54) is 10.9 Å². The van der Waals surface area contributed by atoms with Crippen LogP contribution in [0.1, 0.15) is 10.4 Å². The summed E-state index contributed by atoms with van der Waals surface area (Å²) in [6, 6.07) is 13.0. The average Bonchev–Trinajstić information content (AvgIpc) is 3.17. The van der Waals surface area contributed by atoms with Gasteiger partial charge in [-0.3, -0.25) is 9.88 Å². The van der Waals surface area contributed by atoms with E-state index in [9.17, 15) is 9.50 Å². The molecule has 1 fully saturated rings. The van der Waals surface area contributed by atoms with Crippen LogP contribution in [0.5, 0.6) is 0 Å². The zero-order valence-electron chi connectivity index (χ0n) is 15.0. The molecule has 1 aliphatic rings. The molecule has 0 bridgehead atoms. The van der Waals surface area contributed by atoms with Crippen molar-refractivity contribution in [1.82, 2.24) is 9.88 Å². The third-order valence-corrected chi connectivity index (χ3v) is 6.04. The molecule has 4 rings (SSSR count). The van der Waals surface area contributed by atoms with Gasteiger partial charge in [0.25, 0.3) is 0 Å². The average molecular weight is 383 g/mol. The van der Waals surface area contributed by atoms with E-state index < -0.39 is 0 Å². The van der Waals surface area contributed by atoms with Crippen LogP contribution in [0.3, 0.4) is 0 Å². The molecule has 1 aromatic carbocycles. The first-order valence-corrected chi connectivity index (χ1v) is 9.91. The van der Waals surface area contributed by atoms with Crippen LogP contribution in [0.15, 0.2) is 54.9 Å². The first-order chi connectivity index (χ1) is 13.2. The summed E-state index contributed by atoms with van der Waals surface area (Å²) in [5.74, 6) is -0.170. The predicted octanol–water partition coefficient (Wildman–Crippen LogP) is 3.76. The Morgan fingerprint density at radius 1 is 1.04 bits per heavy atom. The molecule has 0 saturated carbocycles. The van der Waals surface area contributed by atoms with Crippen LogP contribution >= 0.6 is 11.3 Å². The number of thiophene rings is 1. The van der Waals surface area contributed by atoms with Crippen molar-refractivity contribution < 1.29 is 9.50 Å². The molecule has 140 valence electrons. The maximum Gasteiger partial charge on any atom is 0.131 e. The second-order valence-corrected chi connectivity index (χ2v) is 7.84. The fourth-order valence-corrected chi connectivity index (χ4v) is 4.56. The number of aliphatic hydroxyl groups is 1. The third kappa shape index (κ3) is 4.03. The summed E-state index contributed by atoms with van der Waals surface area (Å²) in [5, 5.41) is 9.51. The molecule has 0 spiro atoms. The van der Waals surface area contributed by atoms with E-state index in [1.807, 2.05) is 24.3 Å². The van der Waals surface area contributed by atoms with E-state index in [0.29, 0.717) is 5.56 Å². The van der Waals surface area contributed by atoms with Gasteiger partial charge in [0.05, 0.1) is 6.61 Å². The zero-order valence-corrected chi connectivity index (χ0v) is 15.8. The van der Waals surface area contributed by atoms with Crippen molar-refractivity contribution in [3.05, 3.63) is 71.1 Å². The lowest BCUT2D eigenvalue weighted by Gasteiger charge is -2.36. The molecular weight excluding hydrogens is 361 g/mol. The van der Waals surface area contributed by atoms with Gasteiger partial charge in [0.1, 0.15) is 5.82 Å². The minimum atomic E-state index is -0.170. The Kier molecular flexibility index (Phi) is 5.48. The Labute approximate surface area is 162 Å². The van der Waals surface area contributed by atoms with Gasteiger partial charge in [0.15, 0.2) is 0 Å². The number of benzene rings is 1. The van der Waals surface area contributed by atoms with Gasteiger partial charge in [-0.15, -0.1) is 11.3 Å². The topological polar surface area (TPSA) is 39.6 Å². The van der Waals surface area contributed by atoms with Crippen molar-refractivity contribution in [2.24, 2.45) is 0 Å². The first kappa shape index (κ1) is 18.1. The first-order valence-electron chi connectivity index (χ1n) is 9.09. The number of halogens is 1. The molecule has 0 radical (unpaired) electrons. The zero-order chi connectivity index (χ0) is 18.6. The van der Waals surface area contributed by atoms with E-state index >= 15 is 0 Å². The Morgan fingerprint density at radius 3 is 2.63 bits per heavy atom. The Morgan fingerprint density at radius 2 is 1.85 bits per heavy atom. The lowest BCUT2D eigenvalue weighted by Crippen LogP contribution is -2.46. The standard InChI is InChI=1S/C21H22FN3OS/c22-19-4-2-1-3-18(19)21-6-5-17(27-21)14-24-9-11-25(12-10-24)20-7-8-23-13-16(20)15-26/h1-8,13,26H,9-12,14-15H2. The number of pyridine rings is 1. The number of aromatic nitrogens is 1. The van der Waals surface area contributed by atoms with E-state index in [0.717, 1.165) is 48.9 Å². The predicted molar refractivity (Wildman–Crippen MR) is 107 cm³/mol. The van der Waals surface area contributed by atoms with E-state index in [1.54, 1.807) is 29.8 Å². The summed E-state index contributed by atoms with van der Waals surface area (Å²) < 4.78 is 14.0. The molecule has 2 aromatic heterocycles. The van der Waals surface area contributed by atoms with Crippen LogP contribution in [0.25, 0.3) is 10.4 Å². The molecule has 3 heterocycles. The van der Waals surface area contributed by atoms with Gasteiger partial charge in [0, 0.05) is 71.7 Å². The summed E-state index contributed by atoms with van der Waals surface area (Å²) in [7, 11) is 0. The molecular formula is C21H22FN3OS. The maximum absolute atomic E-state index is 14.0. The van der Waals surface area contributed by atoms with Crippen molar-refractivity contribution in [1.29, 1.82) is 0 Å². The normalized spacial score (nSPS) is 15.3. The number of aliphatic hydroxyl groups excluding tert-OH is 1. The van der Waals surface area contributed by atoms with Gasteiger partial charge in [-0.2, -0.15) is 0 Å². The number of hydrogen-bond acceptors (Lipinski definition) is 5. The molecule has 27 heavy (non-hydrogen) atoms. The second-order valence-electron chi connectivity index (χ2n) is 6.67. The molecule has 0 atom stereocenters. The van der Waals surface area contributed by atoms with E-state index in [4.69, 9.17) is 0 Å². The Bertz CT molecular complexity index is 906. The van der Waals surface area contributed by atoms with Crippen LogP contribution in [0, 0.1) is 5.82 Å². The summed E-state index contributed by atoms with van der Waals surface area (Å²) in [4.78, 5) is 11.1. The lowest BCUT2D eigenvalue weighted by atomic mass is 10.2. The van der Waals surface area contributed by atoms with E-state index in [-0.39, 0.29) is 12.4 Å². The van der Waals surface area contributed by atoms with Gasteiger partial charge < -0.3 is 10.0 Å². The molecule has 0 unspecified atom stereocenters. The molecule has 1 N–H and O–H groups in total. The molecule has 6 heteroatoms. The second kappa shape index (κ2) is 8.17. The van der Waals surface area contributed by atoms with Gasteiger partial charge in [-0.25, -0.2) is 4.39 Å². The van der Waals surface area contributed by atoms with Crippen molar-refractivity contribution >= 4 is 17.0 Å². The fourth-order valence-electron chi connectivity index (χ4n) is 3.49. The maximum atomic E-state index is 14.0. The van der Waals surface area contributed by atoms with Crippen molar-refractivity contribution in [3.8, 4) is 10.4 Å². The highest BCUT2D eigenvalue weighted by Crippen LogP contribution is 2.31. The van der Waals surface area contributed by atoms with Crippen LogP contribution in [-0.4, -0.2) is 41.2 Å². The van der Waals surface area contributed by atoms with Crippen molar-refractivity contribution in [3.63, 3.8) is 0 Å². The summed E-state index contributed by atoms with van der Waals surface area (Å²) in [6.07, 6.45) is 3.51. The number of hydrogen-bond donors (Lipinski definition) is 1. The van der Waals surface area contributed by atoms with Gasteiger partial charge in [-0.05, 0) is 24.3 Å². The highest BCUT2D eigenvalue weighted by atomic mass is 32.1. The van der Waals surface area contributed by atoms with Crippen LogP contribution in [0.4, 0.5) is 10.1 Å². The largest absolute Gasteiger partial charge is 0.392 e. The molecule has 3 aromatic rings. The highest BCUT2D eigenvalue weighted by Gasteiger charge is 2.20. The quantitative estimate of drug-likeness (QED) is 0.728. The van der Waals surface area contributed by atoms with Gasteiger partial charge >= 0.3 is 0 Å². The summed E-state index contributed by atoms with van der Waals surface area (Å²) in [6.45, 7) is 4.65. The van der Waals surface area contributed by atoms with Crippen LogP contribution < -0.4 is 4.90 Å². The minimum Gasteiger partial charge on any atom is -0.392 e. The number of nitrogens with zero attached hydrogens (tertiary/aromatic N) is 3. The number of rotatable bonds is 5. The van der Waals surface area contributed by atoms with Crippen LogP contribution in [-0.2, 0) is 13.2 Å². The molecule has 4 nitrogen and oxygen atoms in total. The van der Waals surface area contributed by atoms with Gasteiger partial charge in [0.2, 0.25) is 0 Å². The van der Waals surface area contributed by atoms with Crippen molar-refractivity contribution in [2.75, 3.05) is 31.1 Å². The van der Waals surface area contributed by atoms with E-state index in [2.05, 4.69) is 20.9 Å². The molecule has 1 aliphatic heterocycles. The number of anilines is 1. The van der Waals surface area contributed by atoms with Crippen molar-refractivity contribution in [2.45, 2.75) is 13.2 Å². The number of piperazine rings is 1. The monoisotopic (exact) mass is 383 g/mol. The molecule has 0 aliphatic carbocycles. The summed E-state index contributed by atoms with van der Waals surface area (Å²) in [5.41, 5.74) is 2.62. The summed E-state index contributed by atoms with van der Waals surface area (Å²) >= 11 is 1.66. The Balaban J connectivity index is 1.38. The third-order valence-electron chi connectivity index (χ3n) is 4.94. The lowest BCUT2D eigenvalue weighted by molar-refractivity contribution is 0.250. The van der Waals surface area contributed by atoms with Crippen LogP contribution in [0.2, 0.25) is 0 Å².